The van der Waals surface area contributed by atoms with E-state index >= 15 is 0 Å². The lowest BCUT2D eigenvalue weighted by Gasteiger charge is -1.90. The van der Waals surface area contributed by atoms with Crippen LogP contribution >= 0.6 is 15.9 Å². The summed E-state index contributed by atoms with van der Waals surface area (Å²) in [6, 6.07) is 0. The zero-order valence-corrected chi connectivity index (χ0v) is 8.62. The average Bonchev–Trinajstić information content (AvgIpc) is 2.03. The van der Waals surface area contributed by atoms with Gasteiger partial charge in [0.25, 0.3) is 0 Å². The summed E-state index contributed by atoms with van der Waals surface area (Å²) >= 11 is 3.16. The highest BCUT2D eigenvalue weighted by Crippen LogP contribution is 2.05. The molecular formula is C9H14BrF. The Morgan fingerprint density at radius 1 is 1.55 bits per heavy atom. The minimum Gasteiger partial charge on any atom is -0.208 e. The number of hydrogen-bond acceptors (Lipinski definition) is 0. The van der Waals surface area contributed by atoms with Crippen molar-refractivity contribution in [3.05, 3.63) is 36.7 Å². The first-order valence-corrected chi connectivity index (χ1v) is 4.56. The third-order valence-corrected chi connectivity index (χ3v) is 1.41. The first-order chi connectivity index (χ1) is 5.20. The van der Waals surface area contributed by atoms with Crippen molar-refractivity contribution in [3.8, 4) is 0 Å². The SMILES string of the molecule is C=C/C(=C\C(=C)F)CBr.CC. The van der Waals surface area contributed by atoms with Gasteiger partial charge in [0.2, 0.25) is 0 Å². The van der Waals surface area contributed by atoms with Crippen molar-refractivity contribution in [2.45, 2.75) is 13.8 Å². The van der Waals surface area contributed by atoms with Gasteiger partial charge < -0.3 is 0 Å². The zero-order valence-electron chi connectivity index (χ0n) is 7.03. The number of alkyl halides is 1. The first-order valence-electron chi connectivity index (χ1n) is 3.44. The molecule has 0 radical (unpaired) electrons. The van der Waals surface area contributed by atoms with Gasteiger partial charge in [0, 0.05) is 5.33 Å². The summed E-state index contributed by atoms with van der Waals surface area (Å²) in [6.07, 6.45) is 2.92. The molecule has 64 valence electrons. The molecule has 0 N–H and O–H groups in total. The third kappa shape index (κ3) is 9.63. The van der Waals surface area contributed by atoms with Crippen molar-refractivity contribution in [2.24, 2.45) is 0 Å². The highest BCUT2D eigenvalue weighted by atomic mass is 79.9. The summed E-state index contributed by atoms with van der Waals surface area (Å²) in [7, 11) is 0. The summed E-state index contributed by atoms with van der Waals surface area (Å²) in [4.78, 5) is 0. The molecule has 2 heteroatoms. The van der Waals surface area contributed by atoms with E-state index < -0.39 is 5.83 Å². The second kappa shape index (κ2) is 9.63. The van der Waals surface area contributed by atoms with Crippen LogP contribution in [0.5, 0.6) is 0 Å². The molecule has 0 bridgehead atoms. The van der Waals surface area contributed by atoms with E-state index in [1.54, 1.807) is 6.08 Å². The lowest BCUT2D eigenvalue weighted by atomic mass is 10.3. The fourth-order valence-corrected chi connectivity index (χ4v) is 0.744. The van der Waals surface area contributed by atoms with E-state index in [1.807, 2.05) is 13.8 Å². The topological polar surface area (TPSA) is 0 Å². The number of halogens is 2. The van der Waals surface area contributed by atoms with E-state index in [9.17, 15) is 4.39 Å². The Kier molecular flexibility index (Phi) is 11.6. The molecule has 11 heavy (non-hydrogen) atoms. The van der Waals surface area contributed by atoms with Crippen LogP contribution in [0.2, 0.25) is 0 Å². The maximum atomic E-state index is 12.0. The van der Waals surface area contributed by atoms with E-state index in [2.05, 4.69) is 29.1 Å². The Bertz CT molecular complexity index is 148. The lowest BCUT2D eigenvalue weighted by molar-refractivity contribution is 0.670. The van der Waals surface area contributed by atoms with Gasteiger partial charge >= 0.3 is 0 Å². The van der Waals surface area contributed by atoms with Gasteiger partial charge in [-0.15, -0.1) is 0 Å². The van der Waals surface area contributed by atoms with Gasteiger partial charge in [0.1, 0.15) is 5.83 Å². The molecule has 0 heterocycles. The van der Waals surface area contributed by atoms with Crippen LogP contribution in [0.25, 0.3) is 0 Å². The number of rotatable bonds is 3. The van der Waals surface area contributed by atoms with E-state index in [0.29, 0.717) is 5.33 Å². The fraction of sp³-hybridized carbons (Fsp3) is 0.333. The number of hydrogen-bond donors (Lipinski definition) is 0. The van der Waals surface area contributed by atoms with Crippen LogP contribution in [0, 0.1) is 0 Å². The predicted molar refractivity (Wildman–Crippen MR) is 53.7 cm³/mol. The maximum absolute atomic E-state index is 12.0. The quantitative estimate of drug-likeness (QED) is 0.499. The normalized spacial score (nSPS) is 9.64. The highest BCUT2D eigenvalue weighted by Gasteiger charge is 1.87. The molecule has 0 fully saturated rings. The van der Waals surface area contributed by atoms with Gasteiger partial charge in [-0.25, -0.2) is 4.39 Å². The first kappa shape index (κ1) is 13.2. The second-order valence-corrected chi connectivity index (χ2v) is 2.06. The largest absolute Gasteiger partial charge is 0.208 e. The van der Waals surface area contributed by atoms with E-state index in [0.717, 1.165) is 5.57 Å². The summed E-state index contributed by atoms with van der Waals surface area (Å²) in [5.74, 6) is -0.440. The van der Waals surface area contributed by atoms with Crippen LogP contribution in [0.15, 0.2) is 36.7 Å². The smallest absolute Gasteiger partial charge is 0.116 e. The van der Waals surface area contributed by atoms with Crippen molar-refractivity contribution in [3.63, 3.8) is 0 Å². The van der Waals surface area contributed by atoms with Crippen molar-refractivity contribution in [1.29, 1.82) is 0 Å². The molecule has 0 aliphatic carbocycles. The van der Waals surface area contributed by atoms with Gasteiger partial charge in [-0.2, -0.15) is 0 Å². The Balaban J connectivity index is 0. The number of allylic oxidation sites excluding steroid dienone is 4. The minimum atomic E-state index is -0.440. The molecule has 0 aromatic heterocycles. The molecule has 0 unspecified atom stereocenters. The second-order valence-electron chi connectivity index (χ2n) is 1.50. The van der Waals surface area contributed by atoms with Crippen molar-refractivity contribution >= 4 is 15.9 Å². The molecule has 0 aromatic rings. The van der Waals surface area contributed by atoms with E-state index in [-0.39, 0.29) is 0 Å². The van der Waals surface area contributed by atoms with Crippen LogP contribution < -0.4 is 0 Å². The predicted octanol–water partition coefficient (Wildman–Crippen LogP) is 4.00. The molecular weight excluding hydrogens is 207 g/mol. The van der Waals surface area contributed by atoms with Crippen LogP contribution in [-0.2, 0) is 0 Å². The van der Waals surface area contributed by atoms with Gasteiger partial charge in [-0.1, -0.05) is 49.0 Å². The van der Waals surface area contributed by atoms with Crippen LogP contribution in [0.4, 0.5) is 4.39 Å². The molecule has 0 saturated carbocycles. The highest BCUT2D eigenvalue weighted by molar-refractivity contribution is 9.09. The Morgan fingerprint density at radius 3 is 2.09 bits per heavy atom. The molecule has 0 aliphatic heterocycles. The fourth-order valence-electron chi connectivity index (χ4n) is 0.353. The lowest BCUT2D eigenvalue weighted by Crippen LogP contribution is -1.76. The van der Waals surface area contributed by atoms with Gasteiger partial charge in [-0.3, -0.25) is 0 Å². The Labute approximate surface area is 76.6 Å². The summed E-state index contributed by atoms with van der Waals surface area (Å²) < 4.78 is 12.0. The molecule has 0 aromatic carbocycles. The summed E-state index contributed by atoms with van der Waals surface area (Å²) in [5.41, 5.74) is 0.794. The molecule has 0 atom stereocenters. The standard InChI is InChI=1S/C7H8BrF.C2H6/c1-3-7(5-8)4-6(2)9;1-2/h3-4H,1-2,5H2;1-2H3/b7-4+;. The molecule has 0 saturated heterocycles. The molecule has 0 amide bonds. The Hall–Kier alpha value is -0.370. The van der Waals surface area contributed by atoms with Gasteiger partial charge in [-0.05, 0) is 11.6 Å². The average molecular weight is 221 g/mol. The molecule has 0 nitrogen and oxygen atoms in total. The Morgan fingerprint density at radius 2 is 2.00 bits per heavy atom. The molecule has 0 rings (SSSR count). The molecule has 0 spiro atoms. The van der Waals surface area contributed by atoms with Crippen LogP contribution in [0.3, 0.4) is 0 Å². The van der Waals surface area contributed by atoms with E-state index in [1.165, 1.54) is 6.08 Å². The van der Waals surface area contributed by atoms with Crippen molar-refractivity contribution in [2.75, 3.05) is 5.33 Å². The monoisotopic (exact) mass is 220 g/mol. The summed E-state index contributed by atoms with van der Waals surface area (Å²) in [5, 5.41) is 0.611. The minimum absolute atomic E-state index is 0.440. The van der Waals surface area contributed by atoms with Crippen molar-refractivity contribution in [1.82, 2.24) is 0 Å². The van der Waals surface area contributed by atoms with Gasteiger partial charge in [0.15, 0.2) is 0 Å². The van der Waals surface area contributed by atoms with Crippen molar-refractivity contribution < 1.29 is 4.39 Å². The summed E-state index contributed by atoms with van der Waals surface area (Å²) in [6.45, 7) is 10.6. The van der Waals surface area contributed by atoms with Gasteiger partial charge in [0.05, 0.1) is 0 Å². The van der Waals surface area contributed by atoms with Crippen LogP contribution in [-0.4, -0.2) is 5.33 Å². The maximum Gasteiger partial charge on any atom is 0.116 e. The van der Waals surface area contributed by atoms with E-state index in [4.69, 9.17) is 0 Å². The third-order valence-electron chi connectivity index (χ3n) is 0.759. The zero-order chi connectivity index (χ0) is 9.28. The van der Waals surface area contributed by atoms with Crippen LogP contribution in [0.1, 0.15) is 13.8 Å². The molecule has 0 aliphatic rings.